The fraction of sp³-hybridized carbons (Fsp3) is 0.500. The highest BCUT2D eigenvalue weighted by Gasteiger charge is 2.26. The van der Waals surface area contributed by atoms with Crippen molar-refractivity contribution in [1.29, 1.82) is 0 Å². The molecule has 2 rings (SSSR count). The fourth-order valence-corrected chi connectivity index (χ4v) is 6.53. The van der Waals surface area contributed by atoms with Crippen LogP contribution in [0.5, 0.6) is 17.2 Å². The summed E-state index contributed by atoms with van der Waals surface area (Å²) in [6.45, 7) is 14.6. The molecule has 0 aliphatic heterocycles. The van der Waals surface area contributed by atoms with Gasteiger partial charge >= 0.3 is 5.97 Å². The molecule has 0 aromatic heterocycles. The van der Waals surface area contributed by atoms with Gasteiger partial charge in [0.05, 0.1) is 23.7 Å². The minimum atomic E-state index is -0.261. The largest absolute Gasteiger partial charge is 0.487 e. The van der Waals surface area contributed by atoms with E-state index in [0.717, 1.165) is 45.5 Å². The van der Waals surface area contributed by atoms with E-state index < -0.39 is 0 Å². The average molecular weight is 790 g/mol. The number of benzene rings is 2. The standard InChI is InChI=1S/C26H33I3O4/c1-15-9-18(13-21(29)22(15)33-26(5,6)7)32-23-19(27)11-16(12-20(23)28)10-17(24(30)31-8)14-25(2,3)4/h9,11-13,17H,10,14H2,1-8H3. The Kier molecular flexibility index (Phi) is 10.2. The maximum Gasteiger partial charge on any atom is 0.309 e. The van der Waals surface area contributed by atoms with Crippen LogP contribution in [0, 0.1) is 29.0 Å². The van der Waals surface area contributed by atoms with Crippen molar-refractivity contribution in [2.75, 3.05) is 7.11 Å². The van der Waals surface area contributed by atoms with Crippen LogP contribution in [0.15, 0.2) is 24.3 Å². The van der Waals surface area contributed by atoms with Crippen molar-refractivity contribution < 1.29 is 19.0 Å². The lowest BCUT2D eigenvalue weighted by molar-refractivity contribution is -0.146. The maximum absolute atomic E-state index is 12.4. The van der Waals surface area contributed by atoms with E-state index >= 15 is 0 Å². The third-order valence-corrected chi connectivity index (χ3v) is 7.17. The summed E-state index contributed by atoms with van der Waals surface area (Å²) in [7, 11) is 1.46. The first-order chi connectivity index (χ1) is 15.1. The smallest absolute Gasteiger partial charge is 0.309 e. The van der Waals surface area contributed by atoms with Gasteiger partial charge in [0.25, 0.3) is 0 Å². The number of carbonyl (C=O) groups excluding carboxylic acids is 1. The van der Waals surface area contributed by atoms with Crippen LogP contribution in [0.4, 0.5) is 0 Å². The lowest BCUT2D eigenvalue weighted by Gasteiger charge is -2.25. The van der Waals surface area contributed by atoms with E-state index in [2.05, 4.69) is 101 Å². The number of carbonyl (C=O) groups is 1. The second kappa shape index (κ2) is 11.6. The molecule has 0 aliphatic carbocycles. The molecule has 4 nitrogen and oxygen atoms in total. The number of hydrogen-bond acceptors (Lipinski definition) is 4. The highest BCUT2D eigenvalue weighted by atomic mass is 127. The molecule has 0 radical (unpaired) electrons. The zero-order chi connectivity index (χ0) is 25.1. The number of methoxy groups -OCH3 is 1. The third-order valence-electron chi connectivity index (χ3n) is 4.76. The number of ether oxygens (including phenoxy) is 3. The molecule has 0 saturated carbocycles. The number of esters is 1. The van der Waals surface area contributed by atoms with Gasteiger partial charge in [-0.1, -0.05) is 20.8 Å². The molecule has 0 saturated heterocycles. The quantitative estimate of drug-likeness (QED) is 0.209. The number of aryl methyl sites for hydroxylation is 1. The van der Waals surface area contributed by atoms with E-state index in [4.69, 9.17) is 14.2 Å². The molecule has 182 valence electrons. The summed E-state index contributed by atoms with van der Waals surface area (Å²) in [5.74, 6) is 2.17. The molecule has 2 aromatic rings. The Bertz CT molecular complexity index is 958. The minimum absolute atomic E-state index is 0.0418. The first kappa shape index (κ1) is 28.9. The predicted molar refractivity (Wildman–Crippen MR) is 160 cm³/mol. The van der Waals surface area contributed by atoms with E-state index in [1.807, 2.05) is 39.8 Å². The van der Waals surface area contributed by atoms with Gasteiger partial charge in [0, 0.05) is 0 Å². The summed E-state index contributed by atoms with van der Waals surface area (Å²) >= 11 is 6.92. The van der Waals surface area contributed by atoms with Gasteiger partial charge in [0.2, 0.25) is 0 Å². The Labute approximate surface area is 239 Å². The van der Waals surface area contributed by atoms with Crippen LogP contribution in [0.2, 0.25) is 0 Å². The van der Waals surface area contributed by atoms with Crippen molar-refractivity contribution in [1.82, 2.24) is 0 Å². The van der Waals surface area contributed by atoms with Crippen LogP contribution in [0.1, 0.15) is 59.1 Å². The van der Waals surface area contributed by atoms with Crippen LogP contribution in [-0.4, -0.2) is 18.7 Å². The van der Waals surface area contributed by atoms with Crippen LogP contribution in [-0.2, 0) is 16.0 Å². The molecule has 2 aromatic carbocycles. The highest BCUT2D eigenvalue weighted by molar-refractivity contribution is 14.1. The van der Waals surface area contributed by atoms with Gasteiger partial charge in [-0.05, 0) is 149 Å². The van der Waals surface area contributed by atoms with Gasteiger partial charge in [-0.25, -0.2) is 0 Å². The number of hydrogen-bond donors (Lipinski definition) is 0. The van der Waals surface area contributed by atoms with Gasteiger partial charge < -0.3 is 14.2 Å². The summed E-state index contributed by atoms with van der Waals surface area (Å²) in [5, 5.41) is 0. The van der Waals surface area contributed by atoms with Gasteiger partial charge in [-0.2, -0.15) is 0 Å². The first-order valence-electron chi connectivity index (χ1n) is 10.8. The van der Waals surface area contributed by atoms with Crippen LogP contribution < -0.4 is 9.47 Å². The number of halogens is 3. The normalized spacial score (nSPS) is 12.9. The fourth-order valence-electron chi connectivity index (χ4n) is 3.57. The minimum Gasteiger partial charge on any atom is -0.487 e. The van der Waals surface area contributed by atoms with Crippen LogP contribution in [0.3, 0.4) is 0 Å². The number of rotatable bonds is 7. The SMILES string of the molecule is COC(=O)C(Cc1cc(I)c(Oc2cc(C)c(OC(C)(C)C)c(I)c2)c(I)c1)CC(C)(C)C. The molecular weight excluding hydrogens is 757 g/mol. The van der Waals surface area contributed by atoms with Crippen molar-refractivity contribution >= 4 is 73.7 Å². The van der Waals surface area contributed by atoms with Crippen molar-refractivity contribution in [3.63, 3.8) is 0 Å². The van der Waals surface area contributed by atoms with Crippen LogP contribution in [0.25, 0.3) is 0 Å². The zero-order valence-electron chi connectivity index (χ0n) is 20.6. The Morgan fingerprint density at radius 2 is 1.45 bits per heavy atom. The van der Waals surface area contributed by atoms with Crippen molar-refractivity contribution in [3.8, 4) is 17.2 Å². The van der Waals surface area contributed by atoms with E-state index in [-0.39, 0.29) is 22.9 Å². The Morgan fingerprint density at radius 1 is 0.909 bits per heavy atom. The summed E-state index contributed by atoms with van der Waals surface area (Å²) in [4.78, 5) is 12.4. The van der Waals surface area contributed by atoms with E-state index in [1.165, 1.54) is 7.11 Å². The molecule has 0 spiro atoms. The van der Waals surface area contributed by atoms with Gasteiger partial charge in [0.1, 0.15) is 17.1 Å². The molecule has 0 heterocycles. The first-order valence-corrected chi connectivity index (χ1v) is 14.1. The van der Waals surface area contributed by atoms with Gasteiger partial charge in [0.15, 0.2) is 5.75 Å². The van der Waals surface area contributed by atoms with Crippen molar-refractivity contribution in [2.24, 2.45) is 11.3 Å². The highest BCUT2D eigenvalue weighted by Crippen LogP contribution is 2.38. The second-order valence-corrected chi connectivity index (χ2v) is 13.9. The lowest BCUT2D eigenvalue weighted by atomic mass is 9.82. The van der Waals surface area contributed by atoms with E-state index in [0.29, 0.717) is 6.42 Å². The van der Waals surface area contributed by atoms with Crippen molar-refractivity contribution in [3.05, 3.63) is 46.1 Å². The lowest BCUT2D eigenvalue weighted by Crippen LogP contribution is -2.24. The topological polar surface area (TPSA) is 44.8 Å². The average Bonchev–Trinajstić information content (AvgIpc) is 2.64. The molecule has 0 aliphatic rings. The monoisotopic (exact) mass is 790 g/mol. The third kappa shape index (κ3) is 9.01. The summed E-state index contributed by atoms with van der Waals surface area (Å²) in [6.07, 6.45) is 1.41. The second-order valence-electron chi connectivity index (χ2n) is 10.4. The molecule has 0 fully saturated rings. The molecule has 0 N–H and O–H groups in total. The Hall–Kier alpha value is -0.300. The van der Waals surface area contributed by atoms with Gasteiger partial charge in [-0.3, -0.25) is 4.79 Å². The van der Waals surface area contributed by atoms with Gasteiger partial charge in [-0.15, -0.1) is 0 Å². The molecule has 0 amide bonds. The molecule has 1 unspecified atom stereocenters. The van der Waals surface area contributed by atoms with Crippen LogP contribution >= 0.6 is 67.8 Å². The zero-order valence-corrected chi connectivity index (χ0v) is 27.0. The summed E-state index contributed by atoms with van der Waals surface area (Å²) in [6, 6.07) is 8.22. The molecule has 7 heteroatoms. The summed E-state index contributed by atoms with van der Waals surface area (Å²) < 4.78 is 20.6. The van der Waals surface area contributed by atoms with E-state index in [1.54, 1.807) is 0 Å². The molecule has 1 atom stereocenters. The van der Waals surface area contributed by atoms with Crippen molar-refractivity contribution in [2.45, 2.75) is 66.9 Å². The Balaban J connectivity index is 2.29. The summed E-state index contributed by atoms with van der Waals surface area (Å²) in [5.41, 5.74) is 1.93. The molecular formula is C26H33I3O4. The molecule has 0 bridgehead atoms. The molecule has 33 heavy (non-hydrogen) atoms. The Morgan fingerprint density at radius 3 is 1.91 bits per heavy atom. The maximum atomic E-state index is 12.4. The van der Waals surface area contributed by atoms with E-state index in [9.17, 15) is 4.79 Å². The predicted octanol–water partition coefficient (Wildman–Crippen LogP) is 8.55.